The molecule has 0 aliphatic carbocycles. The van der Waals surface area contributed by atoms with E-state index in [1.54, 1.807) is 17.7 Å². The van der Waals surface area contributed by atoms with Crippen LogP contribution in [0.5, 0.6) is 0 Å². The highest BCUT2D eigenvalue weighted by Gasteiger charge is 2.31. The molecule has 0 bridgehead atoms. The molecule has 5 nitrogen and oxygen atoms in total. The van der Waals surface area contributed by atoms with Crippen LogP contribution in [0.4, 0.5) is 0 Å². The molecule has 3 rings (SSSR count). The number of amides is 1. The van der Waals surface area contributed by atoms with Gasteiger partial charge in [0, 0.05) is 19.8 Å². The van der Waals surface area contributed by atoms with Crippen molar-refractivity contribution in [3.05, 3.63) is 39.9 Å². The first-order valence-electron chi connectivity index (χ1n) is 7.28. The van der Waals surface area contributed by atoms with Gasteiger partial charge in [0.15, 0.2) is 0 Å². The van der Waals surface area contributed by atoms with Gasteiger partial charge in [0.1, 0.15) is 10.8 Å². The average Bonchev–Trinajstić information content (AvgIpc) is 3.16. The normalized spacial score (nSPS) is 18.2. The summed E-state index contributed by atoms with van der Waals surface area (Å²) in [6, 6.07) is 1.79. The minimum absolute atomic E-state index is 0.0253. The second-order valence-electron chi connectivity index (χ2n) is 5.76. The molecule has 0 saturated carbocycles. The predicted octanol–water partition coefficient (Wildman–Crippen LogP) is 3.14. The zero-order chi connectivity index (χ0) is 15.9. The Labute approximate surface area is 139 Å². The molecule has 118 valence electrons. The van der Waals surface area contributed by atoms with Gasteiger partial charge in [0.05, 0.1) is 23.8 Å². The van der Waals surface area contributed by atoms with E-state index in [1.807, 2.05) is 28.9 Å². The Hall–Kier alpha value is -1.46. The standard InChI is InChI=1S/C15H18Cl2N4O/c1-10-7-18-20(8-10)9-11-4-3-5-21(11)15(22)13-6-12(16)14(17)19(13)2/h6-8,11H,3-5,9H2,1-2H3. The molecule has 1 fully saturated rings. The number of rotatable bonds is 3. The predicted molar refractivity (Wildman–Crippen MR) is 86.5 cm³/mol. The Kier molecular flexibility index (Phi) is 4.19. The minimum Gasteiger partial charge on any atom is -0.333 e. The van der Waals surface area contributed by atoms with Gasteiger partial charge in [0.2, 0.25) is 0 Å². The van der Waals surface area contributed by atoms with Crippen molar-refractivity contribution < 1.29 is 4.79 Å². The van der Waals surface area contributed by atoms with Crippen molar-refractivity contribution in [2.24, 2.45) is 7.05 Å². The van der Waals surface area contributed by atoms with Crippen LogP contribution < -0.4 is 0 Å². The lowest BCUT2D eigenvalue weighted by molar-refractivity contribution is 0.0712. The molecule has 1 saturated heterocycles. The summed E-state index contributed by atoms with van der Waals surface area (Å²) in [6.07, 6.45) is 5.81. The van der Waals surface area contributed by atoms with E-state index >= 15 is 0 Å². The highest BCUT2D eigenvalue weighted by Crippen LogP contribution is 2.28. The maximum atomic E-state index is 12.8. The van der Waals surface area contributed by atoms with Gasteiger partial charge in [-0.25, -0.2) is 0 Å². The number of carbonyl (C=O) groups excluding carboxylic acids is 1. The zero-order valence-corrected chi connectivity index (χ0v) is 14.1. The fourth-order valence-electron chi connectivity index (χ4n) is 2.97. The van der Waals surface area contributed by atoms with Crippen molar-refractivity contribution in [3.8, 4) is 0 Å². The van der Waals surface area contributed by atoms with Crippen molar-refractivity contribution >= 4 is 29.1 Å². The van der Waals surface area contributed by atoms with Crippen LogP contribution in [0, 0.1) is 6.92 Å². The summed E-state index contributed by atoms with van der Waals surface area (Å²) in [5.41, 5.74) is 1.65. The molecule has 0 N–H and O–H groups in total. The summed E-state index contributed by atoms with van der Waals surface area (Å²) < 4.78 is 3.54. The first-order valence-corrected chi connectivity index (χ1v) is 8.03. The number of hydrogen-bond acceptors (Lipinski definition) is 2. The molecule has 0 aromatic carbocycles. The van der Waals surface area contributed by atoms with E-state index < -0.39 is 0 Å². The van der Waals surface area contributed by atoms with Crippen LogP contribution in [0.25, 0.3) is 0 Å². The van der Waals surface area contributed by atoms with E-state index in [4.69, 9.17) is 23.2 Å². The quantitative estimate of drug-likeness (QED) is 0.861. The molecule has 1 aliphatic rings. The lowest BCUT2D eigenvalue weighted by Gasteiger charge is -2.25. The molecule has 0 spiro atoms. The van der Waals surface area contributed by atoms with E-state index in [0.717, 1.165) is 24.9 Å². The Morgan fingerprint density at radius 3 is 2.82 bits per heavy atom. The van der Waals surface area contributed by atoms with Gasteiger partial charge in [-0.05, 0) is 31.4 Å². The van der Waals surface area contributed by atoms with Crippen molar-refractivity contribution in [2.45, 2.75) is 32.4 Å². The average molecular weight is 341 g/mol. The van der Waals surface area contributed by atoms with Gasteiger partial charge in [-0.1, -0.05) is 23.2 Å². The van der Waals surface area contributed by atoms with Gasteiger partial charge in [-0.2, -0.15) is 5.10 Å². The highest BCUT2D eigenvalue weighted by atomic mass is 35.5. The Morgan fingerprint density at radius 2 is 2.23 bits per heavy atom. The Balaban J connectivity index is 1.80. The molecule has 22 heavy (non-hydrogen) atoms. The van der Waals surface area contributed by atoms with Crippen LogP contribution >= 0.6 is 23.2 Å². The minimum atomic E-state index is -0.0253. The van der Waals surface area contributed by atoms with Gasteiger partial charge in [-0.15, -0.1) is 0 Å². The largest absolute Gasteiger partial charge is 0.333 e. The van der Waals surface area contributed by atoms with Crippen LogP contribution in [0.1, 0.15) is 28.9 Å². The number of halogens is 2. The van der Waals surface area contributed by atoms with E-state index in [-0.39, 0.29) is 11.9 Å². The van der Waals surface area contributed by atoms with Crippen molar-refractivity contribution in [1.82, 2.24) is 19.2 Å². The van der Waals surface area contributed by atoms with Gasteiger partial charge >= 0.3 is 0 Å². The van der Waals surface area contributed by atoms with Crippen molar-refractivity contribution in [3.63, 3.8) is 0 Å². The molecule has 1 amide bonds. The molecule has 2 aromatic rings. The topological polar surface area (TPSA) is 43.1 Å². The first kappa shape index (κ1) is 15.4. The Morgan fingerprint density at radius 1 is 1.45 bits per heavy atom. The molecule has 3 heterocycles. The maximum absolute atomic E-state index is 12.8. The van der Waals surface area contributed by atoms with Crippen LogP contribution in [0.15, 0.2) is 18.5 Å². The molecular formula is C15H18Cl2N4O. The van der Waals surface area contributed by atoms with Gasteiger partial charge in [-0.3, -0.25) is 9.48 Å². The molecule has 1 unspecified atom stereocenters. The number of likely N-dealkylation sites (tertiary alicyclic amines) is 1. The molecular weight excluding hydrogens is 323 g/mol. The number of aromatic nitrogens is 3. The second kappa shape index (κ2) is 5.97. The summed E-state index contributed by atoms with van der Waals surface area (Å²) in [5.74, 6) is -0.0253. The van der Waals surface area contributed by atoms with Crippen LogP contribution in [0.3, 0.4) is 0 Å². The van der Waals surface area contributed by atoms with Crippen LogP contribution in [-0.2, 0) is 13.6 Å². The SMILES string of the molecule is Cc1cnn(CC2CCCN2C(=O)c2cc(Cl)c(Cl)n2C)c1. The number of aryl methyl sites for hydroxylation is 1. The number of carbonyl (C=O) groups is 1. The molecule has 1 aliphatic heterocycles. The fourth-order valence-corrected chi connectivity index (χ4v) is 3.35. The Bertz CT molecular complexity index is 706. The van der Waals surface area contributed by atoms with E-state index in [0.29, 0.717) is 22.4 Å². The van der Waals surface area contributed by atoms with E-state index in [1.165, 1.54) is 0 Å². The third-order valence-electron chi connectivity index (χ3n) is 4.13. The van der Waals surface area contributed by atoms with Crippen LogP contribution in [0.2, 0.25) is 10.2 Å². The van der Waals surface area contributed by atoms with Crippen LogP contribution in [-0.4, -0.2) is 37.7 Å². The highest BCUT2D eigenvalue weighted by molar-refractivity contribution is 6.41. The zero-order valence-electron chi connectivity index (χ0n) is 12.6. The fraction of sp³-hybridized carbons (Fsp3) is 0.467. The summed E-state index contributed by atoms with van der Waals surface area (Å²) in [7, 11) is 1.75. The smallest absolute Gasteiger partial charge is 0.270 e. The number of nitrogens with zero attached hydrogens (tertiary/aromatic N) is 4. The molecule has 1 atom stereocenters. The van der Waals surface area contributed by atoms with E-state index in [9.17, 15) is 4.79 Å². The second-order valence-corrected chi connectivity index (χ2v) is 6.53. The number of hydrogen-bond donors (Lipinski definition) is 0. The molecule has 0 radical (unpaired) electrons. The first-order chi connectivity index (χ1) is 10.5. The molecule has 2 aromatic heterocycles. The lowest BCUT2D eigenvalue weighted by Crippen LogP contribution is -2.39. The maximum Gasteiger partial charge on any atom is 0.270 e. The van der Waals surface area contributed by atoms with E-state index in [2.05, 4.69) is 5.10 Å². The molecule has 7 heteroatoms. The monoisotopic (exact) mass is 340 g/mol. The van der Waals surface area contributed by atoms with Gasteiger partial charge in [0.25, 0.3) is 5.91 Å². The van der Waals surface area contributed by atoms with Gasteiger partial charge < -0.3 is 9.47 Å². The summed E-state index contributed by atoms with van der Waals surface area (Å²) in [4.78, 5) is 14.7. The van der Waals surface area contributed by atoms with Crippen molar-refractivity contribution in [2.75, 3.05) is 6.54 Å². The summed E-state index contributed by atoms with van der Waals surface area (Å²) >= 11 is 12.1. The van der Waals surface area contributed by atoms with Crippen molar-refractivity contribution in [1.29, 1.82) is 0 Å². The lowest BCUT2D eigenvalue weighted by atomic mass is 10.2. The third-order valence-corrected chi connectivity index (χ3v) is 4.98. The third kappa shape index (κ3) is 2.75. The summed E-state index contributed by atoms with van der Waals surface area (Å²) in [5, 5.41) is 5.11. The summed E-state index contributed by atoms with van der Waals surface area (Å²) in [6.45, 7) is 3.48.